The molecule has 15 heavy (non-hydrogen) atoms. The minimum absolute atomic E-state index is 0.0893. The Kier molecular flexibility index (Phi) is 7.64. The Morgan fingerprint density at radius 1 is 1.33 bits per heavy atom. The van der Waals surface area contributed by atoms with Crippen molar-refractivity contribution in [2.24, 2.45) is 5.73 Å². The number of phenolic OH excluding ortho intramolecular Hbond substituents is 1. The molecule has 0 spiro atoms. The molecule has 3 N–H and O–H groups in total. The molecule has 86 valence electrons. The van der Waals surface area contributed by atoms with Crippen molar-refractivity contribution >= 4 is 0 Å². The highest BCUT2D eigenvalue weighted by Gasteiger charge is 1.88. The molecule has 1 unspecified atom stereocenters. The molecule has 0 aliphatic heterocycles. The van der Waals surface area contributed by atoms with Gasteiger partial charge in [-0.2, -0.15) is 0 Å². The lowest BCUT2D eigenvalue weighted by atomic mass is 10.2. The van der Waals surface area contributed by atoms with Crippen molar-refractivity contribution in [3.63, 3.8) is 0 Å². The molecule has 0 amide bonds. The fourth-order valence-electron chi connectivity index (χ4n) is 0.967. The van der Waals surface area contributed by atoms with E-state index in [0.29, 0.717) is 6.04 Å². The first-order valence-electron chi connectivity index (χ1n) is 5.26. The lowest BCUT2D eigenvalue weighted by molar-refractivity contribution is 0.473. The van der Waals surface area contributed by atoms with Crippen molar-refractivity contribution in [2.75, 3.05) is 0 Å². The summed E-state index contributed by atoms with van der Waals surface area (Å²) in [6.45, 7) is 4.23. The van der Waals surface area contributed by atoms with E-state index >= 15 is 0 Å². The van der Waals surface area contributed by atoms with Crippen molar-refractivity contribution in [1.29, 1.82) is 0 Å². The van der Waals surface area contributed by atoms with Gasteiger partial charge in [0.25, 0.3) is 0 Å². The van der Waals surface area contributed by atoms with Crippen LogP contribution in [0.4, 0.5) is 4.39 Å². The topological polar surface area (TPSA) is 46.2 Å². The number of nitrogens with two attached hydrogens (primary N) is 1. The molecular weight excluding hydrogens is 193 g/mol. The van der Waals surface area contributed by atoms with Crippen molar-refractivity contribution < 1.29 is 9.50 Å². The highest BCUT2D eigenvalue weighted by atomic mass is 19.1. The van der Waals surface area contributed by atoms with E-state index in [1.54, 1.807) is 0 Å². The number of hydrogen-bond acceptors (Lipinski definition) is 2. The Morgan fingerprint density at radius 3 is 2.13 bits per heavy atom. The molecule has 0 aliphatic carbocycles. The molecule has 0 saturated carbocycles. The molecule has 1 atom stereocenters. The van der Waals surface area contributed by atoms with Gasteiger partial charge in [-0.25, -0.2) is 4.39 Å². The fraction of sp³-hybridized carbons (Fsp3) is 0.500. The second kappa shape index (κ2) is 8.24. The molecule has 0 aliphatic rings. The van der Waals surface area contributed by atoms with Gasteiger partial charge >= 0.3 is 0 Å². The van der Waals surface area contributed by atoms with E-state index in [0.717, 1.165) is 0 Å². The number of phenols is 1. The molecule has 1 aromatic carbocycles. The maximum absolute atomic E-state index is 12.0. The standard InChI is InChI=1S/C6H5FO.C6H15N/c7-5-1-3-6(8)4-2-5;1-3-4-5-6(2)7/h1-4,8H;6H,3-5,7H2,1-2H3. The van der Waals surface area contributed by atoms with Crippen molar-refractivity contribution in [1.82, 2.24) is 0 Å². The predicted molar refractivity (Wildman–Crippen MR) is 61.2 cm³/mol. The monoisotopic (exact) mass is 213 g/mol. The fourth-order valence-corrected chi connectivity index (χ4v) is 0.967. The summed E-state index contributed by atoms with van der Waals surface area (Å²) in [5.41, 5.74) is 5.48. The van der Waals surface area contributed by atoms with Gasteiger partial charge in [0.2, 0.25) is 0 Å². The first kappa shape index (κ1) is 13.9. The average Bonchev–Trinajstić information content (AvgIpc) is 2.20. The quantitative estimate of drug-likeness (QED) is 0.810. The van der Waals surface area contributed by atoms with Gasteiger partial charge in [0.05, 0.1) is 0 Å². The second-order valence-corrected chi connectivity index (χ2v) is 3.60. The van der Waals surface area contributed by atoms with Crippen LogP contribution < -0.4 is 5.73 Å². The van der Waals surface area contributed by atoms with Crippen LogP contribution in [0.1, 0.15) is 33.1 Å². The van der Waals surface area contributed by atoms with E-state index in [2.05, 4.69) is 13.8 Å². The van der Waals surface area contributed by atoms with E-state index in [4.69, 9.17) is 10.8 Å². The predicted octanol–water partition coefficient (Wildman–Crippen LogP) is 3.06. The Balaban J connectivity index is 0.000000265. The number of rotatable bonds is 3. The van der Waals surface area contributed by atoms with Crippen LogP contribution in [0.25, 0.3) is 0 Å². The summed E-state index contributed by atoms with van der Waals surface area (Å²) >= 11 is 0. The SMILES string of the molecule is CCCCC(C)N.Oc1ccc(F)cc1. The zero-order valence-electron chi connectivity index (χ0n) is 9.41. The van der Waals surface area contributed by atoms with Crippen LogP contribution in [-0.4, -0.2) is 11.1 Å². The first-order chi connectivity index (χ1) is 7.06. The number of hydrogen-bond donors (Lipinski definition) is 2. The molecule has 0 saturated heterocycles. The number of unbranched alkanes of at least 4 members (excludes halogenated alkanes) is 1. The molecule has 1 rings (SSSR count). The first-order valence-corrected chi connectivity index (χ1v) is 5.26. The number of halogens is 1. The summed E-state index contributed by atoms with van der Waals surface area (Å²) in [7, 11) is 0. The molecule has 0 radical (unpaired) electrons. The van der Waals surface area contributed by atoms with Crippen LogP contribution in [-0.2, 0) is 0 Å². The van der Waals surface area contributed by atoms with Gasteiger partial charge in [-0.3, -0.25) is 0 Å². The molecule has 0 fully saturated rings. The van der Waals surface area contributed by atoms with Crippen LogP contribution in [0.2, 0.25) is 0 Å². The van der Waals surface area contributed by atoms with E-state index in [-0.39, 0.29) is 11.6 Å². The summed E-state index contributed by atoms with van der Waals surface area (Å²) in [6, 6.07) is 5.41. The number of aromatic hydroxyl groups is 1. The highest BCUT2D eigenvalue weighted by Crippen LogP contribution is 2.06. The Labute approximate surface area is 90.9 Å². The van der Waals surface area contributed by atoms with Gasteiger partial charge in [-0.15, -0.1) is 0 Å². The smallest absolute Gasteiger partial charge is 0.123 e. The van der Waals surface area contributed by atoms with Crippen LogP contribution in [0.5, 0.6) is 5.75 Å². The summed E-state index contributed by atoms with van der Waals surface area (Å²) in [5, 5.41) is 8.59. The third-order valence-electron chi connectivity index (χ3n) is 1.84. The molecule has 0 aromatic heterocycles. The maximum atomic E-state index is 12.0. The maximum Gasteiger partial charge on any atom is 0.123 e. The van der Waals surface area contributed by atoms with Gasteiger partial charge in [0.1, 0.15) is 11.6 Å². The third kappa shape index (κ3) is 9.22. The van der Waals surface area contributed by atoms with E-state index < -0.39 is 0 Å². The van der Waals surface area contributed by atoms with Crippen LogP contribution in [0, 0.1) is 5.82 Å². The Bertz CT molecular complexity index is 225. The minimum Gasteiger partial charge on any atom is -0.508 e. The zero-order valence-corrected chi connectivity index (χ0v) is 9.41. The Hall–Kier alpha value is -1.09. The summed E-state index contributed by atoms with van der Waals surface area (Å²) < 4.78 is 12.0. The van der Waals surface area contributed by atoms with E-state index in [9.17, 15) is 4.39 Å². The van der Waals surface area contributed by atoms with Gasteiger partial charge in [0, 0.05) is 6.04 Å². The van der Waals surface area contributed by atoms with Gasteiger partial charge < -0.3 is 10.8 Å². The summed E-state index contributed by atoms with van der Waals surface area (Å²) in [6.07, 6.45) is 3.72. The molecule has 3 heteroatoms. The third-order valence-corrected chi connectivity index (χ3v) is 1.84. The largest absolute Gasteiger partial charge is 0.508 e. The lowest BCUT2D eigenvalue weighted by Gasteiger charge is -1.99. The molecular formula is C12H20FNO. The van der Waals surface area contributed by atoms with Crippen molar-refractivity contribution in [3.8, 4) is 5.75 Å². The molecule has 0 heterocycles. The van der Waals surface area contributed by atoms with Crippen LogP contribution in [0.3, 0.4) is 0 Å². The normalized spacial score (nSPS) is 11.5. The summed E-state index contributed by atoms with van der Waals surface area (Å²) in [5.74, 6) is -0.241. The summed E-state index contributed by atoms with van der Waals surface area (Å²) in [4.78, 5) is 0. The molecule has 2 nitrogen and oxygen atoms in total. The zero-order chi connectivity index (χ0) is 11.7. The molecule has 1 aromatic rings. The van der Waals surface area contributed by atoms with Crippen molar-refractivity contribution in [2.45, 2.75) is 39.2 Å². The van der Waals surface area contributed by atoms with Gasteiger partial charge in [-0.1, -0.05) is 19.8 Å². The highest BCUT2D eigenvalue weighted by molar-refractivity contribution is 5.19. The van der Waals surface area contributed by atoms with E-state index in [1.807, 2.05) is 0 Å². The van der Waals surface area contributed by atoms with Crippen LogP contribution in [0.15, 0.2) is 24.3 Å². The van der Waals surface area contributed by atoms with Gasteiger partial charge in [-0.05, 0) is 37.6 Å². The van der Waals surface area contributed by atoms with Gasteiger partial charge in [0.15, 0.2) is 0 Å². The van der Waals surface area contributed by atoms with E-state index in [1.165, 1.54) is 43.5 Å². The lowest BCUT2D eigenvalue weighted by Crippen LogP contribution is -2.13. The van der Waals surface area contributed by atoms with Crippen molar-refractivity contribution in [3.05, 3.63) is 30.1 Å². The minimum atomic E-state index is -0.331. The van der Waals surface area contributed by atoms with Crippen LogP contribution >= 0.6 is 0 Å². The second-order valence-electron chi connectivity index (χ2n) is 3.60. The average molecular weight is 213 g/mol. The molecule has 0 bridgehead atoms. The Morgan fingerprint density at radius 2 is 1.87 bits per heavy atom. The number of benzene rings is 1.